The Kier molecular flexibility index (Phi) is 9.26. The van der Waals surface area contributed by atoms with Crippen LogP contribution in [0.4, 0.5) is 0 Å². The van der Waals surface area contributed by atoms with Crippen LogP contribution in [0.15, 0.2) is 53.8 Å². The largest absolute Gasteiger partial charge is 0.393 e. The van der Waals surface area contributed by atoms with Crippen LogP contribution in [0.25, 0.3) is 0 Å². The average molecular weight is 566 g/mol. The van der Waals surface area contributed by atoms with E-state index in [1.807, 2.05) is 17.5 Å². The number of rotatable bonds is 10. The van der Waals surface area contributed by atoms with Gasteiger partial charge in [0.15, 0.2) is 0 Å². The lowest BCUT2D eigenvalue weighted by molar-refractivity contribution is 0.0862. The zero-order chi connectivity index (χ0) is 28.5. The van der Waals surface area contributed by atoms with E-state index in [1.54, 1.807) is 0 Å². The fourth-order valence-electron chi connectivity index (χ4n) is 8.18. The Bertz CT molecular complexity index is 1140. The fourth-order valence-corrected chi connectivity index (χ4v) is 9.41. The summed E-state index contributed by atoms with van der Waals surface area (Å²) in [6.07, 6.45) is 23.2. The van der Waals surface area contributed by atoms with Gasteiger partial charge in [0.05, 0.1) is 23.7 Å². The van der Waals surface area contributed by atoms with Crippen LogP contribution in [0.2, 0.25) is 0 Å². The summed E-state index contributed by atoms with van der Waals surface area (Å²) in [5.74, 6) is 1.60. The standard InChI is InChI=1S/C35H51NO3S/c1-5-6-7-10-28-22-36-33(40-28)35(18-19-35)32(39)16-11-23(2)29-14-15-30-25(9-8-17-34(29,30)4)12-13-26-20-27(37)21-31(38)24(26)3/h11-13,16,22-23,27,29-32,37-39H,3,5-10,14-15,17-21H2,1-2,4H3/t23-,27-,29-,30+,31+,32+,34-/m1/s1. The van der Waals surface area contributed by atoms with Gasteiger partial charge in [-0.05, 0) is 98.5 Å². The molecule has 7 atom stereocenters. The van der Waals surface area contributed by atoms with Crippen LogP contribution in [0.3, 0.4) is 0 Å². The van der Waals surface area contributed by atoms with Gasteiger partial charge >= 0.3 is 0 Å². The summed E-state index contributed by atoms with van der Waals surface area (Å²) in [4.78, 5) is 6.13. The number of fused-ring (bicyclic) bond motifs is 1. The Morgan fingerprint density at radius 1 is 1.15 bits per heavy atom. The lowest BCUT2D eigenvalue weighted by Gasteiger charge is -2.44. The summed E-state index contributed by atoms with van der Waals surface area (Å²) in [6, 6.07) is 0. The molecule has 5 rings (SSSR count). The summed E-state index contributed by atoms with van der Waals surface area (Å²) < 4.78 is 0. The first-order valence-corrected chi connectivity index (χ1v) is 16.8. The third kappa shape index (κ3) is 6.00. The third-order valence-electron chi connectivity index (χ3n) is 10.9. The lowest BCUT2D eigenvalue weighted by Crippen LogP contribution is -2.35. The van der Waals surface area contributed by atoms with Crippen molar-refractivity contribution in [3.8, 4) is 0 Å². The molecule has 5 heteroatoms. The number of hydrogen-bond acceptors (Lipinski definition) is 5. The summed E-state index contributed by atoms with van der Waals surface area (Å²) in [6.45, 7) is 11.2. The van der Waals surface area contributed by atoms with Crippen LogP contribution in [-0.4, -0.2) is 38.6 Å². The van der Waals surface area contributed by atoms with E-state index in [1.165, 1.54) is 55.4 Å². The van der Waals surface area contributed by atoms with E-state index in [0.717, 1.165) is 41.8 Å². The van der Waals surface area contributed by atoms with Crippen LogP contribution in [0.1, 0.15) is 108 Å². The molecule has 0 saturated heterocycles. The summed E-state index contributed by atoms with van der Waals surface area (Å²) in [5, 5.41) is 32.8. The van der Waals surface area contributed by atoms with Crippen molar-refractivity contribution in [1.82, 2.24) is 4.98 Å². The van der Waals surface area contributed by atoms with Crippen molar-refractivity contribution in [2.75, 3.05) is 0 Å². The molecule has 4 fully saturated rings. The van der Waals surface area contributed by atoms with Gasteiger partial charge in [-0.2, -0.15) is 0 Å². The van der Waals surface area contributed by atoms with Gasteiger partial charge in [-0.1, -0.05) is 70.1 Å². The van der Waals surface area contributed by atoms with Crippen molar-refractivity contribution in [1.29, 1.82) is 0 Å². The van der Waals surface area contributed by atoms with Crippen LogP contribution >= 0.6 is 11.3 Å². The number of hydrogen-bond donors (Lipinski definition) is 3. The van der Waals surface area contributed by atoms with Gasteiger partial charge in [-0.15, -0.1) is 11.3 Å². The lowest BCUT2D eigenvalue weighted by atomic mass is 9.61. The number of aliphatic hydroxyl groups is 3. The van der Waals surface area contributed by atoms with Gasteiger partial charge in [0, 0.05) is 17.5 Å². The normalized spacial score (nSPS) is 35.4. The second kappa shape index (κ2) is 12.4. The molecule has 1 heterocycles. The Morgan fingerprint density at radius 2 is 1.95 bits per heavy atom. The molecule has 0 amide bonds. The number of thiazole rings is 1. The molecule has 1 aromatic heterocycles. The first-order chi connectivity index (χ1) is 19.2. The molecule has 0 bridgehead atoms. The van der Waals surface area contributed by atoms with Crippen molar-refractivity contribution in [3.05, 3.63) is 63.7 Å². The Morgan fingerprint density at radius 3 is 2.70 bits per heavy atom. The Hall–Kier alpha value is -1.53. The minimum absolute atomic E-state index is 0.162. The van der Waals surface area contributed by atoms with Crippen molar-refractivity contribution in [2.45, 2.75) is 128 Å². The predicted molar refractivity (Wildman–Crippen MR) is 165 cm³/mol. The molecular weight excluding hydrogens is 514 g/mol. The van der Waals surface area contributed by atoms with Crippen LogP contribution in [0.5, 0.6) is 0 Å². The van der Waals surface area contributed by atoms with E-state index in [9.17, 15) is 15.3 Å². The molecule has 4 aliphatic rings. The maximum absolute atomic E-state index is 11.3. The van der Waals surface area contributed by atoms with Gasteiger partial charge < -0.3 is 15.3 Å². The molecule has 0 spiro atoms. The molecule has 3 N–H and O–H groups in total. The molecule has 4 aliphatic carbocycles. The number of aromatic nitrogens is 1. The number of unbranched alkanes of at least 4 members (excludes halogenated alkanes) is 2. The van der Waals surface area contributed by atoms with Crippen LogP contribution in [0, 0.1) is 23.2 Å². The molecule has 4 saturated carbocycles. The van der Waals surface area contributed by atoms with Crippen LogP contribution < -0.4 is 0 Å². The quantitative estimate of drug-likeness (QED) is 0.202. The van der Waals surface area contributed by atoms with Gasteiger partial charge in [-0.25, -0.2) is 4.98 Å². The summed E-state index contributed by atoms with van der Waals surface area (Å²) in [5.41, 5.74) is 3.39. The van der Waals surface area contributed by atoms with E-state index in [0.29, 0.717) is 30.6 Å². The maximum atomic E-state index is 11.3. The highest BCUT2D eigenvalue weighted by Gasteiger charge is 2.53. The highest BCUT2D eigenvalue weighted by atomic mass is 32.1. The van der Waals surface area contributed by atoms with Crippen molar-refractivity contribution < 1.29 is 15.3 Å². The highest BCUT2D eigenvalue weighted by Crippen LogP contribution is 2.60. The van der Waals surface area contributed by atoms with Crippen LogP contribution in [-0.2, 0) is 11.8 Å². The van der Waals surface area contributed by atoms with Crippen molar-refractivity contribution in [3.63, 3.8) is 0 Å². The molecule has 0 aromatic carbocycles. The first kappa shape index (κ1) is 29.9. The molecule has 1 aromatic rings. The smallest absolute Gasteiger partial charge is 0.102 e. The number of aliphatic hydroxyl groups excluding tert-OH is 3. The first-order valence-electron chi connectivity index (χ1n) is 15.9. The van der Waals surface area contributed by atoms with E-state index >= 15 is 0 Å². The topological polar surface area (TPSA) is 73.6 Å². The minimum atomic E-state index is -0.637. The number of nitrogens with zero attached hydrogens (tertiary/aromatic N) is 1. The predicted octanol–water partition coefficient (Wildman–Crippen LogP) is 7.60. The molecule has 4 nitrogen and oxygen atoms in total. The second-order valence-corrected chi connectivity index (χ2v) is 14.7. The number of aryl methyl sites for hydroxylation is 1. The van der Waals surface area contributed by atoms with Gasteiger partial charge in [-0.3, -0.25) is 0 Å². The van der Waals surface area contributed by atoms with E-state index in [4.69, 9.17) is 4.98 Å². The van der Waals surface area contributed by atoms with Crippen molar-refractivity contribution >= 4 is 11.3 Å². The zero-order valence-corrected chi connectivity index (χ0v) is 25.8. The molecule has 0 unspecified atom stereocenters. The molecule has 40 heavy (non-hydrogen) atoms. The summed E-state index contributed by atoms with van der Waals surface area (Å²) in [7, 11) is 0. The Balaban J connectivity index is 1.24. The highest BCUT2D eigenvalue weighted by molar-refractivity contribution is 7.11. The second-order valence-electron chi connectivity index (χ2n) is 13.6. The van der Waals surface area contributed by atoms with E-state index in [-0.39, 0.29) is 10.8 Å². The van der Waals surface area contributed by atoms with Gasteiger partial charge in [0.25, 0.3) is 0 Å². The average Bonchev–Trinajstić information content (AvgIpc) is 3.46. The monoisotopic (exact) mass is 565 g/mol. The van der Waals surface area contributed by atoms with Gasteiger partial charge in [0.1, 0.15) is 5.01 Å². The molecule has 0 aliphatic heterocycles. The molecule has 0 radical (unpaired) electrons. The van der Waals surface area contributed by atoms with Gasteiger partial charge in [0.2, 0.25) is 0 Å². The number of allylic oxidation sites excluding steroid dienone is 4. The zero-order valence-electron chi connectivity index (χ0n) is 24.9. The maximum Gasteiger partial charge on any atom is 0.102 e. The minimum Gasteiger partial charge on any atom is -0.393 e. The Labute approximate surface area is 246 Å². The molecule has 220 valence electrons. The third-order valence-corrected chi connectivity index (χ3v) is 12.2. The van der Waals surface area contributed by atoms with E-state index < -0.39 is 18.3 Å². The SMILES string of the molecule is C=C1C(=CC=C2CCC[C@]3(C)[C@@H]([C@H](C)C=C[C@H](O)C4(c5ncc(CCCCC)s5)CC4)CC[C@@H]23)C[C@@H](O)C[C@@H]1O. The molecular formula is C35H51NO3S. The van der Waals surface area contributed by atoms with Crippen molar-refractivity contribution in [2.24, 2.45) is 23.2 Å². The van der Waals surface area contributed by atoms with E-state index in [2.05, 4.69) is 51.7 Å². The fraction of sp³-hybridized carbons (Fsp3) is 0.686. The summed E-state index contributed by atoms with van der Waals surface area (Å²) >= 11 is 1.82.